The van der Waals surface area contributed by atoms with E-state index in [4.69, 9.17) is 27.9 Å². The van der Waals surface area contributed by atoms with Crippen LogP contribution in [0.2, 0.25) is 10.0 Å². The van der Waals surface area contributed by atoms with Gasteiger partial charge in [-0.2, -0.15) is 0 Å². The molecule has 0 bridgehead atoms. The highest BCUT2D eigenvalue weighted by atomic mass is 35.5. The molecule has 1 aliphatic heterocycles. The summed E-state index contributed by atoms with van der Waals surface area (Å²) >= 11 is 13.8. The van der Waals surface area contributed by atoms with Gasteiger partial charge in [0.1, 0.15) is 13.1 Å². The monoisotopic (exact) mass is 327 g/mol. The van der Waals surface area contributed by atoms with E-state index < -0.39 is 0 Å². The predicted molar refractivity (Wildman–Crippen MR) is 73.6 cm³/mol. The Morgan fingerprint density at radius 3 is 2.67 bits per heavy atom. The fourth-order valence-electron chi connectivity index (χ4n) is 1.80. The molecular weight excluding hydrogens is 313 g/mol. The van der Waals surface area contributed by atoms with E-state index in [1.807, 2.05) is 18.2 Å². The summed E-state index contributed by atoms with van der Waals surface area (Å²) in [5.74, 6) is 1.06. The van der Waals surface area contributed by atoms with Crippen molar-refractivity contribution in [1.29, 1.82) is 0 Å². The van der Waals surface area contributed by atoms with Gasteiger partial charge in [0, 0.05) is 15.7 Å². The average molecular weight is 329 g/mol. The normalized spacial score (nSPS) is 16.3. The molecule has 0 spiro atoms. The number of benzene rings is 1. The highest BCUT2D eigenvalue weighted by Crippen LogP contribution is 2.29. The molecule has 2 rings (SSSR count). The molecule has 1 aromatic carbocycles. The molecule has 18 heavy (non-hydrogen) atoms. The second-order valence-corrected chi connectivity index (χ2v) is 6.02. The van der Waals surface area contributed by atoms with E-state index in [0.717, 1.165) is 53.5 Å². The summed E-state index contributed by atoms with van der Waals surface area (Å²) in [5, 5.41) is 1.53. The third kappa shape index (κ3) is 5.16. The molecule has 1 fully saturated rings. The predicted octanol–water partition coefficient (Wildman–Crippen LogP) is -0.995. The standard InChI is InChI=1S/C12H15Cl2NOS.ClH/c13-10-1-2-11(14)12(9-10)17-8-5-15-3-6-16-7-4-15;/h1-2,9H,3-8H2;1H. The third-order valence-corrected chi connectivity index (χ3v) is 4.54. The zero-order valence-electron chi connectivity index (χ0n) is 9.93. The van der Waals surface area contributed by atoms with E-state index in [9.17, 15) is 0 Å². The van der Waals surface area contributed by atoms with Gasteiger partial charge in [0.2, 0.25) is 0 Å². The van der Waals surface area contributed by atoms with Crippen molar-refractivity contribution < 1.29 is 22.0 Å². The van der Waals surface area contributed by atoms with Crippen LogP contribution < -0.4 is 17.3 Å². The zero-order chi connectivity index (χ0) is 12.1. The van der Waals surface area contributed by atoms with Crippen molar-refractivity contribution in [3.8, 4) is 0 Å². The van der Waals surface area contributed by atoms with Crippen molar-refractivity contribution in [2.24, 2.45) is 0 Å². The Kier molecular flexibility index (Phi) is 7.76. The minimum atomic E-state index is 0. The average Bonchev–Trinajstić information content (AvgIpc) is 2.35. The Morgan fingerprint density at radius 2 is 1.94 bits per heavy atom. The quantitative estimate of drug-likeness (QED) is 0.713. The molecular formula is C12H16Cl3NOS. The zero-order valence-corrected chi connectivity index (χ0v) is 13.0. The van der Waals surface area contributed by atoms with Crippen molar-refractivity contribution >= 4 is 35.0 Å². The van der Waals surface area contributed by atoms with Crippen LogP contribution in [-0.2, 0) is 4.74 Å². The number of halogens is 3. The van der Waals surface area contributed by atoms with Gasteiger partial charge >= 0.3 is 0 Å². The molecule has 6 heteroatoms. The minimum absolute atomic E-state index is 0. The largest absolute Gasteiger partial charge is 1.00 e. The molecule has 1 aromatic rings. The molecule has 1 heterocycles. The lowest BCUT2D eigenvalue weighted by atomic mass is 10.4. The lowest BCUT2D eigenvalue weighted by Crippen LogP contribution is -3.14. The van der Waals surface area contributed by atoms with Crippen LogP contribution in [0.3, 0.4) is 0 Å². The molecule has 2 nitrogen and oxygen atoms in total. The maximum Gasteiger partial charge on any atom is 0.101 e. The molecule has 0 aliphatic carbocycles. The number of rotatable bonds is 4. The van der Waals surface area contributed by atoms with Gasteiger partial charge in [-0.15, -0.1) is 11.8 Å². The molecule has 0 saturated carbocycles. The number of morpholine rings is 1. The Morgan fingerprint density at radius 1 is 1.22 bits per heavy atom. The number of ether oxygens (including phenoxy) is 1. The van der Waals surface area contributed by atoms with Crippen LogP contribution in [0, 0.1) is 0 Å². The fourth-order valence-corrected chi connectivity index (χ4v) is 3.35. The van der Waals surface area contributed by atoms with Crippen molar-refractivity contribution in [2.45, 2.75) is 4.90 Å². The molecule has 0 unspecified atom stereocenters. The van der Waals surface area contributed by atoms with Crippen LogP contribution in [0.5, 0.6) is 0 Å². The molecule has 0 amide bonds. The second-order valence-electron chi connectivity index (χ2n) is 4.04. The lowest BCUT2D eigenvalue weighted by Gasteiger charge is -2.23. The Bertz CT molecular complexity index is 372. The molecule has 0 radical (unpaired) electrons. The summed E-state index contributed by atoms with van der Waals surface area (Å²) in [5.41, 5.74) is 0. The first-order valence-corrected chi connectivity index (χ1v) is 7.49. The SMILES string of the molecule is Clc1ccc(Cl)c(SCC[NH+]2CCOCC2)c1.[Cl-]. The van der Waals surface area contributed by atoms with Gasteiger partial charge in [0.05, 0.1) is 24.8 Å². The number of hydrogen-bond donors (Lipinski definition) is 1. The maximum atomic E-state index is 6.11. The van der Waals surface area contributed by atoms with Crippen LogP contribution >= 0.6 is 35.0 Å². The topological polar surface area (TPSA) is 13.7 Å². The number of hydrogen-bond acceptors (Lipinski definition) is 2. The summed E-state index contributed by atoms with van der Waals surface area (Å²) in [4.78, 5) is 2.69. The van der Waals surface area contributed by atoms with Crippen LogP contribution in [0.1, 0.15) is 0 Å². The molecule has 1 saturated heterocycles. The van der Waals surface area contributed by atoms with Gasteiger partial charge in [-0.25, -0.2) is 0 Å². The fraction of sp³-hybridized carbons (Fsp3) is 0.500. The number of thioether (sulfide) groups is 1. The first kappa shape index (κ1) is 16.4. The summed E-state index contributed by atoms with van der Waals surface area (Å²) in [6.45, 7) is 5.15. The highest BCUT2D eigenvalue weighted by Gasteiger charge is 2.13. The van der Waals surface area contributed by atoms with Crippen molar-refractivity contribution in [1.82, 2.24) is 0 Å². The van der Waals surface area contributed by atoms with Gasteiger partial charge in [0.25, 0.3) is 0 Å². The van der Waals surface area contributed by atoms with Gasteiger partial charge in [0.15, 0.2) is 0 Å². The Balaban J connectivity index is 0.00000162. The first-order valence-electron chi connectivity index (χ1n) is 5.75. The van der Waals surface area contributed by atoms with E-state index in [0.29, 0.717) is 0 Å². The number of nitrogens with one attached hydrogen (secondary N) is 1. The minimum Gasteiger partial charge on any atom is -1.00 e. The maximum absolute atomic E-state index is 6.11. The van der Waals surface area contributed by atoms with E-state index in [1.54, 1.807) is 16.7 Å². The Hall–Kier alpha value is 0.360. The molecule has 0 atom stereocenters. The van der Waals surface area contributed by atoms with Gasteiger partial charge < -0.3 is 22.0 Å². The van der Waals surface area contributed by atoms with Crippen molar-refractivity contribution in [3.63, 3.8) is 0 Å². The third-order valence-electron chi connectivity index (χ3n) is 2.81. The van der Waals surface area contributed by atoms with E-state index in [-0.39, 0.29) is 12.4 Å². The summed E-state index contributed by atoms with van der Waals surface area (Å²) in [6.07, 6.45) is 0. The van der Waals surface area contributed by atoms with Crippen molar-refractivity contribution in [3.05, 3.63) is 28.2 Å². The number of quaternary nitrogens is 1. The van der Waals surface area contributed by atoms with Crippen molar-refractivity contribution in [2.75, 3.05) is 38.6 Å². The Labute approximate surface area is 128 Å². The molecule has 102 valence electrons. The highest BCUT2D eigenvalue weighted by molar-refractivity contribution is 7.99. The van der Waals surface area contributed by atoms with Crippen LogP contribution in [-0.4, -0.2) is 38.6 Å². The van der Waals surface area contributed by atoms with Crippen LogP contribution in [0.15, 0.2) is 23.1 Å². The lowest BCUT2D eigenvalue weighted by molar-refractivity contribution is -0.905. The molecule has 1 aliphatic rings. The molecule has 1 N–H and O–H groups in total. The van der Waals surface area contributed by atoms with Gasteiger partial charge in [-0.3, -0.25) is 0 Å². The summed E-state index contributed by atoms with van der Waals surface area (Å²) in [6, 6.07) is 5.61. The molecule has 0 aromatic heterocycles. The summed E-state index contributed by atoms with van der Waals surface area (Å²) < 4.78 is 5.33. The van der Waals surface area contributed by atoms with E-state index in [1.165, 1.54) is 0 Å². The van der Waals surface area contributed by atoms with Crippen LogP contribution in [0.4, 0.5) is 0 Å². The summed E-state index contributed by atoms with van der Waals surface area (Å²) in [7, 11) is 0. The van der Waals surface area contributed by atoms with Gasteiger partial charge in [-0.05, 0) is 18.2 Å². The first-order chi connectivity index (χ1) is 8.25. The second kappa shape index (κ2) is 8.51. The van der Waals surface area contributed by atoms with E-state index >= 15 is 0 Å². The van der Waals surface area contributed by atoms with Gasteiger partial charge in [-0.1, -0.05) is 23.2 Å². The smallest absolute Gasteiger partial charge is 0.101 e. The van der Waals surface area contributed by atoms with Crippen LogP contribution in [0.25, 0.3) is 0 Å². The van der Waals surface area contributed by atoms with E-state index in [2.05, 4.69) is 0 Å².